The average Bonchev–Trinajstić information content (AvgIpc) is 2.64. The highest BCUT2D eigenvalue weighted by Crippen LogP contribution is 2.23. The number of nitrogens with two attached hydrogens (primary N) is 1. The Morgan fingerprint density at radius 1 is 1.17 bits per heavy atom. The van der Waals surface area contributed by atoms with Crippen molar-refractivity contribution in [2.45, 2.75) is 26.4 Å². The van der Waals surface area contributed by atoms with Crippen molar-refractivity contribution >= 4 is 36.6 Å². The summed E-state index contributed by atoms with van der Waals surface area (Å²) in [6, 6.07) is 8.45. The molecule has 4 N–H and O–H groups in total. The van der Waals surface area contributed by atoms with E-state index in [4.69, 9.17) is 10.5 Å². The van der Waals surface area contributed by atoms with E-state index in [1.54, 1.807) is 18.2 Å². The van der Waals surface area contributed by atoms with E-state index in [1.165, 1.54) is 24.4 Å². The van der Waals surface area contributed by atoms with E-state index >= 15 is 0 Å². The minimum absolute atomic E-state index is 0. The molecule has 160 valence electrons. The van der Waals surface area contributed by atoms with Gasteiger partial charge in [-0.3, -0.25) is 9.59 Å². The summed E-state index contributed by atoms with van der Waals surface area (Å²) in [7, 11) is 0. The lowest BCUT2D eigenvalue weighted by molar-refractivity contribution is -0.127. The maximum absolute atomic E-state index is 13.3. The Hall–Kier alpha value is -2.42. The fraction of sp³-hybridized carbons (Fsp3) is 0.316. The van der Waals surface area contributed by atoms with Gasteiger partial charge in [0.25, 0.3) is 0 Å². The van der Waals surface area contributed by atoms with Crippen LogP contribution >= 0.6 is 24.8 Å². The SMILES string of the molecule is CC(C)[C@H](N)C(=O)NCC(=O)NCc1cccnc1Oc1cccc(F)c1.Cl.Cl. The van der Waals surface area contributed by atoms with Crippen molar-refractivity contribution in [3.63, 3.8) is 0 Å². The van der Waals surface area contributed by atoms with E-state index in [0.717, 1.165) is 0 Å². The van der Waals surface area contributed by atoms with Crippen molar-refractivity contribution < 1.29 is 18.7 Å². The number of pyridine rings is 1. The first kappa shape index (κ1) is 26.6. The van der Waals surface area contributed by atoms with Gasteiger partial charge in [0, 0.05) is 24.4 Å². The topological polar surface area (TPSA) is 106 Å². The zero-order valence-electron chi connectivity index (χ0n) is 16.1. The predicted octanol–water partition coefficient (Wildman–Crippen LogP) is 2.57. The number of carbonyl (C=O) groups excluding carboxylic acids is 2. The van der Waals surface area contributed by atoms with E-state index in [1.807, 2.05) is 13.8 Å². The van der Waals surface area contributed by atoms with Gasteiger partial charge in [0.2, 0.25) is 17.7 Å². The van der Waals surface area contributed by atoms with E-state index in [9.17, 15) is 14.0 Å². The number of hydrogen-bond donors (Lipinski definition) is 3. The number of halogens is 3. The summed E-state index contributed by atoms with van der Waals surface area (Å²) in [6.45, 7) is 3.61. The van der Waals surface area contributed by atoms with Crippen LogP contribution in [0.4, 0.5) is 4.39 Å². The molecule has 2 amide bonds. The number of rotatable bonds is 8. The van der Waals surface area contributed by atoms with Crippen LogP contribution in [-0.4, -0.2) is 29.4 Å². The second-order valence-electron chi connectivity index (χ2n) is 6.29. The molecule has 2 rings (SSSR count). The molecule has 1 aromatic heterocycles. The Kier molecular flexibility index (Phi) is 11.8. The third-order valence-electron chi connectivity index (χ3n) is 3.78. The van der Waals surface area contributed by atoms with Crippen LogP contribution in [0.3, 0.4) is 0 Å². The minimum atomic E-state index is -0.664. The molecule has 0 unspecified atom stereocenters. The van der Waals surface area contributed by atoms with Crippen molar-refractivity contribution in [1.29, 1.82) is 0 Å². The summed E-state index contributed by atoms with van der Waals surface area (Å²) in [5, 5.41) is 5.17. The second kappa shape index (κ2) is 12.9. The highest BCUT2D eigenvalue weighted by Gasteiger charge is 2.17. The fourth-order valence-electron chi connectivity index (χ4n) is 2.14. The maximum atomic E-state index is 13.3. The molecule has 1 aromatic carbocycles. The molecule has 0 aliphatic rings. The molecule has 2 aromatic rings. The standard InChI is InChI=1S/C19H23FN4O3.2ClH/c1-12(2)17(21)18(26)24-11-16(25)23-10-13-5-4-8-22-19(13)27-15-7-3-6-14(20)9-15;;/h3-9,12,17H,10-11,21H2,1-2H3,(H,23,25)(H,24,26);2*1H/t17-;;/m0../s1. The molecule has 0 radical (unpaired) electrons. The molecule has 0 spiro atoms. The van der Waals surface area contributed by atoms with Crippen molar-refractivity contribution in [2.24, 2.45) is 11.7 Å². The molecule has 1 atom stereocenters. The van der Waals surface area contributed by atoms with Gasteiger partial charge < -0.3 is 21.1 Å². The van der Waals surface area contributed by atoms with Crippen LogP contribution in [0.1, 0.15) is 19.4 Å². The highest BCUT2D eigenvalue weighted by atomic mass is 35.5. The molecule has 7 nitrogen and oxygen atoms in total. The largest absolute Gasteiger partial charge is 0.439 e. The Labute approximate surface area is 181 Å². The number of aromatic nitrogens is 1. The summed E-state index contributed by atoms with van der Waals surface area (Å²) >= 11 is 0. The first-order valence-corrected chi connectivity index (χ1v) is 8.54. The first-order valence-electron chi connectivity index (χ1n) is 8.54. The average molecular weight is 447 g/mol. The molecule has 1 heterocycles. The van der Waals surface area contributed by atoms with Crippen LogP contribution < -0.4 is 21.1 Å². The van der Waals surface area contributed by atoms with Gasteiger partial charge in [0.15, 0.2) is 0 Å². The summed E-state index contributed by atoms with van der Waals surface area (Å²) in [4.78, 5) is 27.8. The molecule has 0 aliphatic carbocycles. The van der Waals surface area contributed by atoms with Crippen LogP contribution in [0.5, 0.6) is 11.6 Å². The minimum Gasteiger partial charge on any atom is -0.439 e. The number of benzene rings is 1. The van der Waals surface area contributed by atoms with Crippen LogP contribution in [-0.2, 0) is 16.1 Å². The second-order valence-corrected chi connectivity index (χ2v) is 6.29. The summed E-state index contributed by atoms with van der Waals surface area (Å²) < 4.78 is 18.9. The van der Waals surface area contributed by atoms with E-state index in [0.29, 0.717) is 11.3 Å². The number of nitrogens with zero attached hydrogens (tertiary/aromatic N) is 1. The molecule has 0 saturated heterocycles. The van der Waals surface area contributed by atoms with E-state index in [2.05, 4.69) is 15.6 Å². The lowest BCUT2D eigenvalue weighted by Gasteiger charge is -2.15. The van der Waals surface area contributed by atoms with Crippen molar-refractivity contribution in [3.8, 4) is 11.6 Å². The highest BCUT2D eigenvalue weighted by molar-refractivity contribution is 5.87. The van der Waals surface area contributed by atoms with Crippen LogP contribution in [0.25, 0.3) is 0 Å². The Bertz CT molecular complexity index is 809. The molecule has 0 bridgehead atoms. The molecule has 29 heavy (non-hydrogen) atoms. The zero-order valence-corrected chi connectivity index (χ0v) is 17.7. The van der Waals surface area contributed by atoms with Crippen molar-refractivity contribution in [1.82, 2.24) is 15.6 Å². The van der Waals surface area contributed by atoms with Gasteiger partial charge in [-0.1, -0.05) is 26.0 Å². The van der Waals surface area contributed by atoms with Gasteiger partial charge >= 0.3 is 0 Å². The predicted molar refractivity (Wildman–Crippen MR) is 113 cm³/mol. The number of nitrogens with one attached hydrogen (secondary N) is 2. The smallest absolute Gasteiger partial charge is 0.239 e. The number of hydrogen-bond acceptors (Lipinski definition) is 5. The quantitative estimate of drug-likeness (QED) is 0.577. The number of carbonyl (C=O) groups is 2. The third-order valence-corrected chi connectivity index (χ3v) is 3.78. The first-order chi connectivity index (χ1) is 12.9. The van der Waals surface area contributed by atoms with Crippen LogP contribution in [0.15, 0.2) is 42.6 Å². The van der Waals surface area contributed by atoms with Gasteiger partial charge in [-0.15, -0.1) is 24.8 Å². The number of amides is 2. The molecule has 10 heteroatoms. The molecular formula is C19H25Cl2FN4O3. The molecule has 0 aliphatic heterocycles. The van der Waals surface area contributed by atoms with Gasteiger partial charge in [0.1, 0.15) is 11.6 Å². The van der Waals surface area contributed by atoms with Crippen molar-refractivity contribution in [3.05, 3.63) is 54.0 Å². The fourth-order valence-corrected chi connectivity index (χ4v) is 2.14. The van der Waals surface area contributed by atoms with E-state index in [-0.39, 0.29) is 61.5 Å². The van der Waals surface area contributed by atoms with Crippen molar-refractivity contribution in [2.75, 3.05) is 6.54 Å². The lowest BCUT2D eigenvalue weighted by Crippen LogP contribution is -2.47. The Balaban J connectivity index is 0.00000392. The van der Waals surface area contributed by atoms with Crippen LogP contribution in [0, 0.1) is 11.7 Å². The molecule has 0 fully saturated rings. The number of ether oxygens (including phenoxy) is 1. The molecule has 0 saturated carbocycles. The van der Waals surface area contributed by atoms with Gasteiger partial charge in [-0.05, 0) is 24.1 Å². The lowest BCUT2D eigenvalue weighted by atomic mass is 10.1. The Morgan fingerprint density at radius 2 is 1.90 bits per heavy atom. The zero-order chi connectivity index (χ0) is 19.8. The Morgan fingerprint density at radius 3 is 2.55 bits per heavy atom. The summed E-state index contributed by atoms with van der Waals surface area (Å²) in [5.41, 5.74) is 6.33. The van der Waals surface area contributed by atoms with Crippen LogP contribution in [0.2, 0.25) is 0 Å². The third kappa shape index (κ3) is 8.64. The normalized spacial score (nSPS) is 10.9. The summed E-state index contributed by atoms with van der Waals surface area (Å²) in [5.74, 6) is -0.637. The van der Waals surface area contributed by atoms with E-state index < -0.39 is 11.9 Å². The monoisotopic (exact) mass is 446 g/mol. The summed E-state index contributed by atoms with van der Waals surface area (Å²) in [6.07, 6.45) is 1.54. The van der Waals surface area contributed by atoms with Gasteiger partial charge in [-0.25, -0.2) is 9.37 Å². The van der Waals surface area contributed by atoms with Gasteiger partial charge in [0.05, 0.1) is 12.6 Å². The molecular weight excluding hydrogens is 422 g/mol. The maximum Gasteiger partial charge on any atom is 0.239 e. The van der Waals surface area contributed by atoms with Gasteiger partial charge in [-0.2, -0.15) is 0 Å².